The number of anilines is 2. The van der Waals surface area contributed by atoms with E-state index in [0.29, 0.717) is 30.3 Å². The average molecular weight is 652 g/mol. The number of nitrogens with one attached hydrogen (secondary N) is 3. The molecule has 9 nitrogen and oxygen atoms in total. The van der Waals surface area contributed by atoms with E-state index in [9.17, 15) is 35.6 Å². The van der Waals surface area contributed by atoms with Gasteiger partial charge < -0.3 is 20.9 Å². The molecule has 0 saturated carbocycles. The van der Waals surface area contributed by atoms with Crippen LogP contribution in [0.5, 0.6) is 0 Å². The van der Waals surface area contributed by atoms with Gasteiger partial charge in [0.2, 0.25) is 5.91 Å². The van der Waals surface area contributed by atoms with E-state index in [1.807, 2.05) is 11.8 Å². The van der Waals surface area contributed by atoms with Gasteiger partial charge in [0.05, 0.1) is 29.1 Å². The van der Waals surface area contributed by atoms with Gasteiger partial charge in [-0.3, -0.25) is 14.5 Å². The van der Waals surface area contributed by atoms with Crippen LogP contribution in [0.4, 0.5) is 33.3 Å². The number of halogens is 6. The molecule has 0 aliphatic carbocycles. The molecule has 43 heavy (non-hydrogen) atoms. The van der Waals surface area contributed by atoms with Crippen molar-refractivity contribution < 1.29 is 40.0 Å². The fraction of sp³-hybridized carbons (Fsp3) is 0.481. The minimum Gasteiger partial charge on any atom is -0.365 e. The van der Waals surface area contributed by atoms with Crippen LogP contribution in [-0.2, 0) is 21.2 Å². The molecule has 4 rings (SSSR count). The molecule has 2 aliphatic heterocycles. The van der Waals surface area contributed by atoms with Crippen molar-refractivity contribution in [2.24, 2.45) is 0 Å². The molecule has 236 valence electrons. The fourth-order valence-corrected chi connectivity index (χ4v) is 6.75. The van der Waals surface area contributed by atoms with Crippen molar-refractivity contribution in [2.75, 3.05) is 55.2 Å². The van der Waals surface area contributed by atoms with Crippen LogP contribution in [0.25, 0.3) is 0 Å². The lowest BCUT2D eigenvalue weighted by Gasteiger charge is -2.42. The van der Waals surface area contributed by atoms with Crippen LogP contribution in [-0.4, -0.2) is 87.6 Å². The molecule has 2 aromatic rings. The zero-order chi connectivity index (χ0) is 31.5. The van der Waals surface area contributed by atoms with E-state index in [2.05, 4.69) is 16.0 Å². The summed E-state index contributed by atoms with van der Waals surface area (Å²) in [6, 6.07) is 6.47. The van der Waals surface area contributed by atoms with E-state index < -0.39 is 63.2 Å². The van der Waals surface area contributed by atoms with Crippen LogP contribution in [0.3, 0.4) is 0 Å². The molecule has 0 aromatic heterocycles. The number of hydrogen-bond donors (Lipinski definition) is 3. The number of nitrogens with zero attached hydrogens (tertiary/aromatic N) is 2. The Morgan fingerprint density at radius 1 is 1.12 bits per heavy atom. The second-order valence-electron chi connectivity index (χ2n) is 10.5. The second kappa shape index (κ2) is 13.3. The van der Waals surface area contributed by atoms with Gasteiger partial charge in [-0.2, -0.15) is 13.2 Å². The van der Waals surface area contributed by atoms with Gasteiger partial charge in [0, 0.05) is 62.4 Å². The second-order valence-corrected chi connectivity index (χ2v) is 13.2. The molecule has 1 unspecified atom stereocenters. The number of hydrogen-bond acceptors (Lipinski definition) is 7. The minimum atomic E-state index is -4.26. The van der Waals surface area contributed by atoms with Crippen molar-refractivity contribution in [3.05, 3.63) is 58.1 Å². The highest BCUT2D eigenvalue weighted by atomic mass is 35.5. The van der Waals surface area contributed by atoms with E-state index in [-0.39, 0.29) is 42.7 Å². The van der Waals surface area contributed by atoms with Crippen molar-refractivity contribution in [3.8, 4) is 0 Å². The summed E-state index contributed by atoms with van der Waals surface area (Å²) in [6.45, 7) is 2.31. The molecule has 2 atom stereocenters. The molecule has 2 aliphatic rings. The largest absolute Gasteiger partial charge is 0.390 e. The summed E-state index contributed by atoms with van der Waals surface area (Å²) in [7, 11) is -3.67. The maximum atomic E-state index is 15.0. The maximum absolute atomic E-state index is 15.0. The normalized spacial score (nSPS) is 21.0. The molecule has 2 aromatic carbocycles. The molecule has 0 bridgehead atoms. The smallest absolute Gasteiger partial charge is 0.365 e. The van der Waals surface area contributed by atoms with Gasteiger partial charge in [0.25, 0.3) is 5.91 Å². The average Bonchev–Trinajstić information content (AvgIpc) is 2.93. The summed E-state index contributed by atoms with van der Waals surface area (Å²) in [6.07, 6.45) is -5.19. The quantitative estimate of drug-likeness (QED) is 0.376. The summed E-state index contributed by atoms with van der Waals surface area (Å²) in [5, 5.41) is 6.66. The van der Waals surface area contributed by atoms with Crippen molar-refractivity contribution in [3.63, 3.8) is 0 Å². The number of piperazine rings is 1. The van der Waals surface area contributed by atoms with Gasteiger partial charge in [-0.25, -0.2) is 17.2 Å². The topological polar surface area (TPSA) is 111 Å². The summed E-state index contributed by atoms with van der Waals surface area (Å²) in [5.41, 5.74) is -0.190. The number of alkyl halides is 3. The molecule has 0 radical (unpaired) electrons. The lowest BCUT2D eigenvalue weighted by atomic mass is 10.1. The summed E-state index contributed by atoms with van der Waals surface area (Å²) in [4.78, 5) is 29.0. The Morgan fingerprint density at radius 2 is 1.86 bits per heavy atom. The van der Waals surface area contributed by atoms with Crippen molar-refractivity contribution >= 4 is 44.6 Å². The Morgan fingerprint density at radius 3 is 2.53 bits per heavy atom. The zero-order valence-electron chi connectivity index (χ0n) is 23.1. The number of benzene rings is 2. The summed E-state index contributed by atoms with van der Waals surface area (Å²) >= 11 is 6.20. The van der Waals surface area contributed by atoms with E-state index in [4.69, 9.17) is 11.6 Å². The fourth-order valence-electron chi connectivity index (χ4n) is 5.09. The third kappa shape index (κ3) is 8.13. The molecule has 2 amide bonds. The van der Waals surface area contributed by atoms with E-state index in [1.54, 1.807) is 11.0 Å². The number of sulfone groups is 1. The van der Waals surface area contributed by atoms with E-state index in [0.717, 1.165) is 12.1 Å². The lowest BCUT2D eigenvalue weighted by Crippen LogP contribution is -2.52. The molecule has 2 saturated heterocycles. The van der Waals surface area contributed by atoms with Gasteiger partial charge in [0.15, 0.2) is 26.7 Å². The van der Waals surface area contributed by atoms with Crippen LogP contribution in [0.15, 0.2) is 30.3 Å². The molecule has 16 heteroatoms. The predicted molar refractivity (Wildman–Crippen MR) is 152 cm³/mol. The molecular formula is C27H31ClF5N5O4S. The van der Waals surface area contributed by atoms with Crippen molar-refractivity contribution in [2.45, 2.75) is 37.4 Å². The Balaban J connectivity index is 1.45. The lowest BCUT2D eigenvalue weighted by molar-refractivity contribution is -0.138. The molecule has 0 spiro atoms. The number of amides is 2. The first-order valence-electron chi connectivity index (χ1n) is 13.5. The number of carbonyl (C=O) groups excluding carboxylic acids is 2. The first kappa shape index (κ1) is 32.9. The SMILES string of the molecule is C[C@@H]1CN(CCC(F)(F)F)CCN1c1cc(Cl)ccc1NC(=O)c1ccc(CNC(=O)C2CNCCS2(=O)=O)c(F)c1F. The summed E-state index contributed by atoms with van der Waals surface area (Å²) < 4.78 is 92.2. The van der Waals surface area contributed by atoms with Gasteiger partial charge in [-0.15, -0.1) is 0 Å². The highest BCUT2D eigenvalue weighted by Gasteiger charge is 2.35. The third-order valence-corrected chi connectivity index (χ3v) is 9.68. The van der Waals surface area contributed by atoms with Crippen LogP contribution >= 0.6 is 11.6 Å². The van der Waals surface area contributed by atoms with E-state index >= 15 is 4.39 Å². The zero-order valence-corrected chi connectivity index (χ0v) is 24.7. The Hall–Kier alpha value is -3.01. The Bertz CT molecular complexity index is 1480. The van der Waals surface area contributed by atoms with Crippen LogP contribution in [0.1, 0.15) is 29.3 Å². The third-order valence-electron chi connectivity index (χ3n) is 7.42. The highest BCUT2D eigenvalue weighted by molar-refractivity contribution is 7.92. The van der Waals surface area contributed by atoms with Crippen LogP contribution in [0, 0.1) is 11.6 Å². The minimum absolute atomic E-state index is 0.0939. The Kier molecular flexibility index (Phi) is 10.2. The number of carbonyl (C=O) groups is 2. The Labute approximate surface area is 250 Å². The molecule has 2 fully saturated rings. The van der Waals surface area contributed by atoms with Crippen LogP contribution < -0.4 is 20.9 Å². The standard InChI is InChI=1S/C27H31ClF5N5O4S/c1-16-15-37(8-6-27(31,32)33)9-10-38(16)21-12-18(28)3-5-20(21)36-25(39)19-4-2-17(23(29)24(19)30)13-35-26(40)22-14-34-7-11-43(22,41)42/h2-5,12,16,22,34H,6-11,13-15H2,1H3,(H,35,40)(H,36,39)/t16-,22?/m1/s1. The first-order valence-corrected chi connectivity index (χ1v) is 15.6. The van der Waals surface area contributed by atoms with Gasteiger partial charge in [-0.1, -0.05) is 17.7 Å². The van der Waals surface area contributed by atoms with Gasteiger partial charge in [-0.05, 0) is 31.2 Å². The van der Waals surface area contributed by atoms with Crippen LogP contribution in [0.2, 0.25) is 5.02 Å². The highest BCUT2D eigenvalue weighted by Crippen LogP contribution is 2.33. The summed E-state index contributed by atoms with van der Waals surface area (Å²) in [5.74, 6) is -4.87. The number of rotatable bonds is 8. The predicted octanol–water partition coefficient (Wildman–Crippen LogP) is 3.34. The molecule has 2 heterocycles. The van der Waals surface area contributed by atoms with Crippen molar-refractivity contribution in [1.29, 1.82) is 0 Å². The monoisotopic (exact) mass is 651 g/mol. The van der Waals surface area contributed by atoms with Crippen molar-refractivity contribution in [1.82, 2.24) is 15.5 Å². The van der Waals surface area contributed by atoms with Gasteiger partial charge >= 0.3 is 6.18 Å². The van der Waals surface area contributed by atoms with Gasteiger partial charge in [0.1, 0.15) is 0 Å². The first-order chi connectivity index (χ1) is 20.2. The maximum Gasteiger partial charge on any atom is 0.390 e. The van der Waals surface area contributed by atoms with E-state index in [1.165, 1.54) is 12.1 Å². The molecular weight excluding hydrogens is 621 g/mol. The molecule has 3 N–H and O–H groups in total.